The van der Waals surface area contributed by atoms with Gasteiger partial charge in [-0.3, -0.25) is 4.99 Å². The number of nitrogens with zero attached hydrogens (tertiary/aromatic N) is 4. The maximum atomic E-state index is 4.42. The lowest BCUT2D eigenvalue weighted by Crippen LogP contribution is -2.39. The number of fused-ring (bicyclic) bond motifs is 1. The molecule has 3 aromatic rings. The molecule has 0 unspecified atom stereocenters. The molecule has 0 radical (unpaired) electrons. The van der Waals surface area contributed by atoms with Crippen LogP contribution in [-0.2, 0) is 13.1 Å². The number of guanidine groups is 1. The van der Waals surface area contributed by atoms with Crippen LogP contribution in [0.15, 0.2) is 65.9 Å². The van der Waals surface area contributed by atoms with Gasteiger partial charge in [0.05, 0.1) is 17.4 Å². The van der Waals surface area contributed by atoms with E-state index in [9.17, 15) is 0 Å². The number of aromatic nitrogens is 2. The van der Waals surface area contributed by atoms with Crippen molar-refractivity contribution in [1.29, 1.82) is 0 Å². The molecule has 25 heavy (non-hydrogen) atoms. The number of aliphatic imine (C=N–C) groups is 1. The minimum atomic E-state index is 0. The average Bonchev–Trinajstić information content (AvgIpc) is 3.03. The SMILES string of the molecule is CN=C(NCCn1cnc2ccccc21)N(C)Cc1ccccc1.I. The Morgan fingerprint density at radius 1 is 1.12 bits per heavy atom. The van der Waals surface area contributed by atoms with Crippen LogP contribution >= 0.6 is 24.0 Å². The second-order valence-corrected chi connectivity index (χ2v) is 5.74. The first-order valence-electron chi connectivity index (χ1n) is 8.13. The fourth-order valence-electron chi connectivity index (χ4n) is 2.79. The van der Waals surface area contributed by atoms with Gasteiger partial charge in [0.1, 0.15) is 0 Å². The first-order chi connectivity index (χ1) is 11.8. The van der Waals surface area contributed by atoms with E-state index in [0.717, 1.165) is 36.6 Å². The molecule has 0 bridgehead atoms. The molecule has 0 atom stereocenters. The average molecular weight is 449 g/mol. The van der Waals surface area contributed by atoms with Crippen molar-refractivity contribution in [1.82, 2.24) is 19.8 Å². The van der Waals surface area contributed by atoms with Gasteiger partial charge in [0.2, 0.25) is 0 Å². The second-order valence-electron chi connectivity index (χ2n) is 5.74. The lowest BCUT2D eigenvalue weighted by molar-refractivity contribution is 0.474. The van der Waals surface area contributed by atoms with E-state index in [1.807, 2.05) is 37.6 Å². The van der Waals surface area contributed by atoms with Crippen LogP contribution in [0.5, 0.6) is 0 Å². The molecule has 3 rings (SSSR count). The Morgan fingerprint density at radius 2 is 1.84 bits per heavy atom. The Bertz CT molecular complexity index is 813. The van der Waals surface area contributed by atoms with E-state index in [2.05, 4.69) is 62.1 Å². The van der Waals surface area contributed by atoms with Gasteiger partial charge in [0.15, 0.2) is 5.96 Å². The van der Waals surface area contributed by atoms with Gasteiger partial charge in [0.25, 0.3) is 0 Å². The molecule has 0 saturated carbocycles. The Kier molecular flexibility index (Phi) is 7.24. The monoisotopic (exact) mass is 449 g/mol. The quantitative estimate of drug-likeness (QED) is 0.369. The van der Waals surface area contributed by atoms with Crippen LogP contribution in [0.4, 0.5) is 0 Å². The van der Waals surface area contributed by atoms with Crippen molar-refractivity contribution in [3.63, 3.8) is 0 Å². The normalized spacial score (nSPS) is 11.2. The minimum Gasteiger partial charge on any atom is -0.354 e. The standard InChI is InChI=1S/C19H23N5.HI/c1-20-19(23(2)14-16-8-4-3-5-9-16)21-12-13-24-15-22-17-10-6-7-11-18(17)24;/h3-11,15H,12-14H2,1-2H3,(H,20,21);1H. The zero-order chi connectivity index (χ0) is 16.8. The molecule has 1 heterocycles. The Labute approximate surface area is 165 Å². The predicted molar refractivity (Wildman–Crippen MR) is 114 cm³/mol. The zero-order valence-electron chi connectivity index (χ0n) is 14.6. The summed E-state index contributed by atoms with van der Waals surface area (Å²) in [5.74, 6) is 0.892. The zero-order valence-corrected chi connectivity index (χ0v) is 16.9. The highest BCUT2D eigenvalue weighted by Crippen LogP contribution is 2.11. The summed E-state index contributed by atoms with van der Waals surface area (Å²) in [6.45, 7) is 2.47. The molecular formula is C19H24IN5. The van der Waals surface area contributed by atoms with Gasteiger partial charge in [0, 0.05) is 33.7 Å². The number of hydrogen-bond donors (Lipinski definition) is 1. The largest absolute Gasteiger partial charge is 0.354 e. The first-order valence-corrected chi connectivity index (χ1v) is 8.13. The Balaban J connectivity index is 0.00000225. The van der Waals surface area contributed by atoms with Crippen LogP contribution in [-0.4, -0.2) is 41.1 Å². The molecule has 0 saturated heterocycles. The van der Waals surface area contributed by atoms with Gasteiger partial charge < -0.3 is 14.8 Å². The summed E-state index contributed by atoms with van der Waals surface area (Å²) >= 11 is 0. The molecule has 2 aromatic carbocycles. The van der Waals surface area contributed by atoms with Gasteiger partial charge in [-0.15, -0.1) is 24.0 Å². The van der Waals surface area contributed by atoms with Crippen molar-refractivity contribution < 1.29 is 0 Å². The highest BCUT2D eigenvalue weighted by Gasteiger charge is 2.07. The highest BCUT2D eigenvalue weighted by molar-refractivity contribution is 14.0. The molecule has 0 spiro atoms. The summed E-state index contributed by atoms with van der Waals surface area (Å²) in [7, 11) is 3.87. The van der Waals surface area contributed by atoms with E-state index >= 15 is 0 Å². The number of hydrogen-bond acceptors (Lipinski definition) is 2. The van der Waals surface area contributed by atoms with E-state index in [4.69, 9.17) is 0 Å². The van der Waals surface area contributed by atoms with E-state index in [-0.39, 0.29) is 24.0 Å². The van der Waals surface area contributed by atoms with Gasteiger partial charge in [-0.1, -0.05) is 42.5 Å². The molecule has 5 nitrogen and oxygen atoms in total. The van der Waals surface area contributed by atoms with Gasteiger partial charge in [-0.25, -0.2) is 4.98 Å². The summed E-state index contributed by atoms with van der Waals surface area (Å²) < 4.78 is 2.16. The maximum Gasteiger partial charge on any atom is 0.193 e. The third-order valence-electron chi connectivity index (χ3n) is 4.00. The molecule has 132 valence electrons. The Morgan fingerprint density at radius 3 is 2.60 bits per heavy atom. The van der Waals surface area contributed by atoms with E-state index in [1.165, 1.54) is 5.56 Å². The van der Waals surface area contributed by atoms with Gasteiger partial charge >= 0.3 is 0 Å². The molecular weight excluding hydrogens is 425 g/mol. The van der Waals surface area contributed by atoms with Crippen molar-refractivity contribution in [2.75, 3.05) is 20.6 Å². The van der Waals surface area contributed by atoms with E-state index < -0.39 is 0 Å². The van der Waals surface area contributed by atoms with Crippen LogP contribution in [0.3, 0.4) is 0 Å². The number of para-hydroxylation sites is 2. The third kappa shape index (κ3) is 4.94. The van der Waals surface area contributed by atoms with E-state index in [1.54, 1.807) is 0 Å². The highest BCUT2D eigenvalue weighted by atomic mass is 127. The van der Waals surface area contributed by atoms with E-state index in [0.29, 0.717) is 0 Å². The fourth-order valence-corrected chi connectivity index (χ4v) is 2.79. The molecule has 0 amide bonds. The summed E-state index contributed by atoms with van der Waals surface area (Å²) in [4.78, 5) is 10.9. The number of benzene rings is 2. The van der Waals surface area contributed by atoms with Crippen molar-refractivity contribution in [3.05, 3.63) is 66.5 Å². The summed E-state index contributed by atoms with van der Waals surface area (Å²) in [5, 5.41) is 3.42. The van der Waals surface area contributed by atoms with Crippen LogP contribution < -0.4 is 5.32 Å². The van der Waals surface area contributed by atoms with Crippen molar-refractivity contribution >= 4 is 41.0 Å². The smallest absolute Gasteiger partial charge is 0.193 e. The van der Waals surface area contributed by atoms with Crippen LogP contribution in [0.2, 0.25) is 0 Å². The fraction of sp³-hybridized carbons (Fsp3) is 0.263. The molecule has 6 heteroatoms. The van der Waals surface area contributed by atoms with Gasteiger partial charge in [-0.2, -0.15) is 0 Å². The number of halogens is 1. The van der Waals surface area contributed by atoms with Crippen molar-refractivity contribution in [2.24, 2.45) is 4.99 Å². The van der Waals surface area contributed by atoms with Crippen molar-refractivity contribution in [2.45, 2.75) is 13.1 Å². The lowest BCUT2D eigenvalue weighted by Gasteiger charge is -2.22. The maximum absolute atomic E-state index is 4.42. The number of nitrogens with one attached hydrogen (secondary N) is 1. The summed E-state index contributed by atoms with van der Waals surface area (Å²) in [5.41, 5.74) is 3.46. The number of rotatable bonds is 5. The van der Waals surface area contributed by atoms with Crippen LogP contribution in [0, 0.1) is 0 Å². The first kappa shape index (κ1) is 19.2. The predicted octanol–water partition coefficient (Wildman–Crippen LogP) is 3.36. The molecule has 0 aliphatic heterocycles. The van der Waals surface area contributed by atoms with Crippen LogP contribution in [0.25, 0.3) is 11.0 Å². The summed E-state index contributed by atoms with van der Waals surface area (Å²) in [6.07, 6.45) is 1.89. The number of imidazole rings is 1. The molecule has 0 fully saturated rings. The van der Waals surface area contributed by atoms with Gasteiger partial charge in [-0.05, 0) is 17.7 Å². The molecule has 0 aliphatic carbocycles. The third-order valence-corrected chi connectivity index (χ3v) is 4.00. The molecule has 1 N–H and O–H groups in total. The van der Waals surface area contributed by atoms with Crippen molar-refractivity contribution in [3.8, 4) is 0 Å². The molecule has 0 aliphatic rings. The summed E-state index contributed by atoms with van der Waals surface area (Å²) in [6, 6.07) is 18.6. The second kappa shape index (κ2) is 9.41. The lowest BCUT2D eigenvalue weighted by atomic mass is 10.2. The van der Waals surface area contributed by atoms with Crippen LogP contribution in [0.1, 0.15) is 5.56 Å². The topological polar surface area (TPSA) is 45.5 Å². The molecule has 1 aromatic heterocycles. The Hall–Kier alpha value is -2.09. The minimum absolute atomic E-state index is 0.